The van der Waals surface area contributed by atoms with E-state index in [1.54, 1.807) is 37.4 Å². The van der Waals surface area contributed by atoms with E-state index in [1.807, 2.05) is 0 Å². The summed E-state index contributed by atoms with van der Waals surface area (Å²) in [5.41, 5.74) is 1.45. The molecule has 1 aliphatic heterocycles. The van der Waals surface area contributed by atoms with E-state index in [0.29, 0.717) is 16.3 Å². The maximum atomic E-state index is 12.4. The van der Waals surface area contributed by atoms with Crippen molar-refractivity contribution in [3.63, 3.8) is 0 Å². The normalized spacial score (nSPS) is 13.8. The molecule has 0 bridgehead atoms. The van der Waals surface area contributed by atoms with E-state index in [-0.39, 0.29) is 30.4 Å². The molecule has 25 heavy (non-hydrogen) atoms. The van der Waals surface area contributed by atoms with Gasteiger partial charge in [0.2, 0.25) is 15.9 Å². The summed E-state index contributed by atoms with van der Waals surface area (Å²) in [7, 11) is -2.00. The minimum absolute atomic E-state index is 0.0503. The lowest BCUT2D eigenvalue weighted by molar-refractivity contribution is -0.117. The molecular weight excluding hydrogens is 364 g/mol. The Labute approximate surface area is 151 Å². The highest BCUT2D eigenvalue weighted by Crippen LogP contribution is 2.29. The van der Waals surface area contributed by atoms with Crippen molar-refractivity contribution in [2.24, 2.45) is 0 Å². The molecule has 1 heterocycles. The van der Waals surface area contributed by atoms with E-state index in [1.165, 1.54) is 17.0 Å². The molecule has 8 heteroatoms. The number of para-hydroxylation sites is 1. The van der Waals surface area contributed by atoms with Gasteiger partial charge in [-0.1, -0.05) is 23.7 Å². The average molecular weight is 381 g/mol. The van der Waals surface area contributed by atoms with Crippen LogP contribution in [0.1, 0.15) is 5.56 Å². The van der Waals surface area contributed by atoms with Gasteiger partial charge in [0.25, 0.3) is 0 Å². The Morgan fingerprint density at radius 3 is 2.76 bits per heavy atom. The van der Waals surface area contributed by atoms with Gasteiger partial charge in [-0.25, -0.2) is 13.1 Å². The molecule has 2 aromatic carbocycles. The third kappa shape index (κ3) is 3.78. The molecule has 2 aromatic rings. The van der Waals surface area contributed by atoms with Gasteiger partial charge >= 0.3 is 0 Å². The maximum Gasteiger partial charge on any atom is 0.240 e. The van der Waals surface area contributed by atoms with Gasteiger partial charge in [0.05, 0.1) is 16.3 Å². The number of fused-ring (bicyclic) bond motifs is 1. The Morgan fingerprint density at radius 2 is 2.00 bits per heavy atom. The smallest absolute Gasteiger partial charge is 0.240 e. The van der Waals surface area contributed by atoms with E-state index < -0.39 is 10.0 Å². The van der Waals surface area contributed by atoms with E-state index in [0.717, 1.165) is 5.69 Å². The molecule has 0 fully saturated rings. The number of nitrogens with one attached hydrogen (secondary N) is 1. The number of nitrogens with zero attached hydrogens (tertiary/aromatic N) is 1. The second kappa shape index (κ2) is 7.03. The number of carbonyl (C=O) groups excluding carboxylic acids is 1. The number of benzene rings is 2. The van der Waals surface area contributed by atoms with Crippen LogP contribution >= 0.6 is 11.6 Å². The molecule has 0 atom stereocenters. The highest BCUT2D eigenvalue weighted by molar-refractivity contribution is 7.89. The van der Waals surface area contributed by atoms with Crippen LogP contribution in [0.2, 0.25) is 5.02 Å². The van der Waals surface area contributed by atoms with Crippen molar-refractivity contribution in [2.45, 2.75) is 11.3 Å². The Kier molecular flexibility index (Phi) is 4.99. The molecule has 132 valence electrons. The summed E-state index contributed by atoms with van der Waals surface area (Å²) in [6.45, 7) is 0.249. The number of amides is 1. The van der Waals surface area contributed by atoms with Gasteiger partial charge in [-0.3, -0.25) is 4.79 Å². The number of hydrogen-bond donors (Lipinski definition) is 1. The molecule has 0 unspecified atom stereocenters. The second-order valence-electron chi connectivity index (χ2n) is 5.60. The van der Waals surface area contributed by atoms with Gasteiger partial charge in [-0.15, -0.1) is 0 Å². The van der Waals surface area contributed by atoms with E-state index in [9.17, 15) is 13.2 Å². The number of likely N-dealkylation sites (N-methyl/N-ethyl adjacent to an activating group) is 1. The van der Waals surface area contributed by atoms with Crippen molar-refractivity contribution < 1.29 is 17.9 Å². The minimum atomic E-state index is -3.67. The Bertz CT molecular complexity index is 915. The van der Waals surface area contributed by atoms with E-state index in [4.69, 9.17) is 16.3 Å². The SMILES string of the molecule is CN1C(=O)Cc2cc(S(=O)(=O)NCCOc3ccccc3Cl)ccc21. The molecule has 0 aliphatic carbocycles. The zero-order valence-corrected chi connectivity index (χ0v) is 15.1. The van der Waals surface area contributed by atoms with Gasteiger partial charge < -0.3 is 9.64 Å². The second-order valence-corrected chi connectivity index (χ2v) is 7.77. The summed E-state index contributed by atoms with van der Waals surface area (Å²) in [5, 5.41) is 0.470. The highest BCUT2D eigenvalue weighted by Gasteiger charge is 2.26. The quantitative estimate of drug-likeness (QED) is 0.779. The zero-order valence-electron chi connectivity index (χ0n) is 13.5. The number of anilines is 1. The monoisotopic (exact) mass is 380 g/mol. The van der Waals surface area contributed by atoms with Crippen LogP contribution < -0.4 is 14.4 Å². The molecule has 1 aliphatic rings. The maximum absolute atomic E-state index is 12.4. The first-order valence-electron chi connectivity index (χ1n) is 7.65. The van der Waals surface area contributed by atoms with Crippen LogP contribution in [0.3, 0.4) is 0 Å². The molecule has 1 N–H and O–H groups in total. The average Bonchev–Trinajstić information content (AvgIpc) is 2.87. The molecule has 0 saturated heterocycles. The number of rotatable bonds is 6. The molecule has 3 rings (SSSR count). The third-order valence-electron chi connectivity index (χ3n) is 3.93. The molecule has 0 radical (unpaired) electrons. The van der Waals surface area contributed by atoms with Crippen LogP contribution in [-0.4, -0.2) is 34.5 Å². The third-order valence-corrected chi connectivity index (χ3v) is 5.70. The van der Waals surface area contributed by atoms with Gasteiger partial charge in [0, 0.05) is 19.3 Å². The van der Waals surface area contributed by atoms with Gasteiger partial charge in [0.1, 0.15) is 12.4 Å². The summed E-state index contributed by atoms with van der Waals surface area (Å²) < 4.78 is 32.7. The van der Waals surface area contributed by atoms with Crippen molar-refractivity contribution in [2.75, 3.05) is 25.1 Å². The Hall–Kier alpha value is -2.09. The van der Waals surface area contributed by atoms with Gasteiger partial charge in [-0.2, -0.15) is 0 Å². The molecular formula is C17H17ClN2O4S. The molecule has 0 spiro atoms. The van der Waals surface area contributed by atoms with Crippen molar-refractivity contribution >= 4 is 33.2 Å². The predicted molar refractivity (Wildman–Crippen MR) is 95.7 cm³/mol. The number of hydrogen-bond acceptors (Lipinski definition) is 4. The van der Waals surface area contributed by atoms with Crippen LogP contribution in [0.4, 0.5) is 5.69 Å². The summed E-state index contributed by atoms with van der Waals surface area (Å²) in [6.07, 6.45) is 0.213. The van der Waals surface area contributed by atoms with E-state index in [2.05, 4.69) is 4.72 Å². The fraction of sp³-hybridized carbons (Fsp3) is 0.235. The van der Waals surface area contributed by atoms with Crippen molar-refractivity contribution in [3.05, 3.63) is 53.1 Å². The standard InChI is InChI=1S/C17H17ClN2O4S/c1-20-15-7-6-13(10-12(15)11-17(20)21)25(22,23)19-8-9-24-16-5-3-2-4-14(16)18/h2-7,10,19H,8-9,11H2,1H3. The summed E-state index contributed by atoms with van der Waals surface area (Å²) in [4.78, 5) is 13.4. The lowest BCUT2D eigenvalue weighted by Gasteiger charge is -2.12. The summed E-state index contributed by atoms with van der Waals surface area (Å²) >= 11 is 5.97. The first-order valence-corrected chi connectivity index (χ1v) is 9.51. The van der Waals surface area contributed by atoms with E-state index >= 15 is 0 Å². The summed E-state index contributed by atoms with van der Waals surface area (Å²) in [6, 6.07) is 11.7. The minimum Gasteiger partial charge on any atom is -0.491 e. The lowest BCUT2D eigenvalue weighted by Crippen LogP contribution is -2.28. The number of ether oxygens (including phenoxy) is 1. The fourth-order valence-corrected chi connectivity index (χ4v) is 3.85. The largest absolute Gasteiger partial charge is 0.491 e. The van der Waals surface area contributed by atoms with Crippen molar-refractivity contribution in [3.8, 4) is 5.75 Å². The number of sulfonamides is 1. The molecule has 0 aromatic heterocycles. The predicted octanol–water partition coefficient (Wildman–Crippen LogP) is 2.22. The van der Waals surface area contributed by atoms with Crippen LogP contribution in [0, 0.1) is 0 Å². The lowest BCUT2D eigenvalue weighted by atomic mass is 10.2. The zero-order chi connectivity index (χ0) is 18.0. The van der Waals surface area contributed by atoms with Gasteiger partial charge in [-0.05, 0) is 35.9 Å². The summed E-state index contributed by atoms with van der Waals surface area (Å²) in [5.74, 6) is 0.452. The van der Waals surface area contributed by atoms with Crippen LogP contribution in [-0.2, 0) is 21.2 Å². The Morgan fingerprint density at radius 1 is 1.24 bits per heavy atom. The molecule has 0 saturated carbocycles. The van der Waals surface area contributed by atoms with Crippen LogP contribution in [0.5, 0.6) is 5.75 Å². The van der Waals surface area contributed by atoms with Crippen molar-refractivity contribution in [1.82, 2.24) is 4.72 Å². The molecule has 6 nitrogen and oxygen atoms in total. The van der Waals surface area contributed by atoms with Crippen molar-refractivity contribution in [1.29, 1.82) is 0 Å². The molecule has 1 amide bonds. The van der Waals surface area contributed by atoms with Gasteiger partial charge in [0.15, 0.2) is 0 Å². The Balaban J connectivity index is 1.62. The van der Waals surface area contributed by atoms with Crippen LogP contribution in [0.15, 0.2) is 47.4 Å². The first kappa shape index (κ1) is 17.7. The number of carbonyl (C=O) groups is 1. The fourth-order valence-electron chi connectivity index (χ4n) is 2.60. The topological polar surface area (TPSA) is 75.7 Å². The number of halogens is 1. The first-order chi connectivity index (χ1) is 11.9. The van der Waals surface area contributed by atoms with Crippen LogP contribution in [0.25, 0.3) is 0 Å². The highest BCUT2D eigenvalue weighted by atomic mass is 35.5.